The topological polar surface area (TPSA) is 111 Å². The van der Waals surface area contributed by atoms with E-state index in [9.17, 15) is 9.59 Å². The van der Waals surface area contributed by atoms with E-state index in [4.69, 9.17) is 20.3 Å². The van der Waals surface area contributed by atoms with Crippen LogP contribution in [0.3, 0.4) is 0 Å². The summed E-state index contributed by atoms with van der Waals surface area (Å²) < 4.78 is 10.8. The number of carboxylic acid groups (broad SMARTS) is 1. The first-order valence-corrected chi connectivity index (χ1v) is 10.2. The van der Waals surface area contributed by atoms with Gasteiger partial charge in [0, 0.05) is 24.9 Å². The van der Waals surface area contributed by atoms with Gasteiger partial charge in [-0.3, -0.25) is 9.59 Å². The van der Waals surface area contributed by atoms with Crippen molar-refractivity contribution in [1.82, 2.24) is 0 Å². The van der Waals surface area contributed by atoms with Crippen LogP contribution in [0.25, 0.3) is 11.1 Å². The van der Waals surface area contributed by atoms with Crippen LogP contribution in [-0.2, 0) is 22.5 Å². The molecule has 0 fully saturated rings. The molecule has 0 saturated heterocycles. The monoisotopic (exact) mass is 434 g/mol. The lowest BCUT2D eigenvalue weighted by atomic mass is 10.00. The Bertz CT molecular complexity index is 1100. The number of hydrogen-bond donors (Lipinski definition) is 3. The normalized spacial score (nSPS) is 10.6. The summed E-state index contributed by atoms with van der Waals surface area (Å²) >= 11 is 0. The third-order valence-corrected chi connectivity index (χ3v) is 4.83. The first-order valence-electron chi connectivity index (χ1n) is 10.2. The van der Waals surface area contributed by atoms with Crippen LogP contribution in [0.5, 0.6) is 5.75 Å². The number of carbonyl (C=O) groups is 2. The maximum Gasteiger partial charge on any atom is 0.307 e. The van der Waals surface area contributed by atoms with Crippen LogP contribution in [0.15, 0.2) is 66.7 Å². The van der Waals surface area contributed by atoms with Gasteiger partial charge in [-0.1, -0.05) is 36.4 Å². The fourth-order valence-corrected chi connectivity index (χ4v) is 3.25. The number of nitrogens with two attached hydrogens (primary N) is 1. The third kappa shape index (κ3) is 6.16. The molecule has 7 nitrogen and oxygen atoms in total. The second kappa shape index (κ2) is 11.1. The summed E-state index contributed by atoms with van der Waals surface area (Å²) in [6.45, 7) is 1.16. The van der Waals surface area contributed by atoms with Crippen molar-refractivity contribution in [3.05, 3.63) is 83.4 Å². The molecule has 32 heavy (non-hydrogen) atoms. The van der Waals surface area contributed by atoms with E-state index in [1.165, 1.54) is 0 Å². The second-order valence-electron chi connectivity index (χ2n) is 7.17. The molecule has 1 amide bonds. The van der Waals surface area contributed by atoms with Gasteiger partial charge < -0.3 is 25.6 Å². The zero-order valence-corrected chi connectivity index (χ0v) is 17.8. The van der Waals surface area contributed by atoms with Crippen molar-refractivity contribution in [3.63, 3.8) is 0 Å². The highest BCUT2D eigenvalue weighted by Crippen LogP contribution is 2.28. The lowest BCUT2D eigenvalue weighted by Gasteiger charge is -2.14. The lowest BCUT2D eigenvalue weighted by Crippen LogP contribution is -2.15. The van der Waals surface area contributed by atoms with Crippen molar-refractivity contribution in [3.8, 4) is 16.9 Å². The predicted octanol–water partition coefficient (Wildman–Crippen LogP) is 3.72. The Morgan fingerprint density at radius 2 is 1.78 bits per heavy atom. The second-order valence-corrected chi connectivity index (χ2v) is 7.17. The smallest absolute Gasteiger partial charge is 0.307 e. The molecule has 0 aliphatic rings. The highest BCUT2D eigenvalue weighted by Gasteiger charge is 2.14. The number of amides is 1. The lowest BCUT2D eigenvalue weighted by molar-refractivity contribution is -0.136. The van der Waals surface area contributed by atoms with E-state index in [1.807, 2.05) is 30.3 Å². The van der Waals surface area contributed by atoms with Crippen molar-refractivity contribution < 1.29 is 24.2 Å². The van der Waals surface area contributed by atoms with Gasteiger partial charge in [-0.15, -0.1) is 0 Å². The number of rotatable bonds is 10. The molecule has 4 N–H and O–H groups in total. The number of anilines is 1. The largest absolute Gasteiger partial charge is 0.491 e. The Kier molecular flexibility index (Phi) is 7.96. The Hall–Kier alpha value is -3.68. The van der Waals surface area contributed by atoms with Crippen LogP contribution in [0.2, 0.25) is 0 Å². The van der Waals surface area contributed by atoms with Gasteiger partial charge in [0.2, 0.25) is 0 Å². The molecule has 3 rings (SSSR count). The summed E-state index contributed by atoms with van der Waals surface area (Å²) in [6, 6.07) is 19.9. The molecule has 166 valence electrons. The number of para-hydroxylation sites is 1. The van der Waals surface area contributed by atoms with Gasteiger partial charge in [-0.2, -0.15) is 0 Å². The average Bonchev–Trinajstić information content (AvgIpc) is 2.80. The van der Waals surface area contributed by atoms with Crippen LogP contribution in [0, 0.1) is 0 Å². The van der Waals surface area contributed by atoms with Crippen molar-refractivity contribution in [2.75, 3.05) is 25.6 Å². The van der Waals surface area contributed by atoms with Crippen LogP contribution in [0.1, 0.15) is 21.5 Å². The number of hydrogen-bond acceptors (Lipinski definition) is 5. The average molecular weight is 434 g/mol. The predicted molar refractivity (Wildman–Crippen MR) is 123 cm³/mol. The molecule has 0 heterocycles. The van der Waals surface area contributed by atoms with Gasteiger partial charge in [0.25, 0.3) is 5.91 Å². The quantitative estimate of drug-likeness (QED) is 0.420. The fraction of sp³-hybridized carbons (Fsp3) is 0.200. The summed E-state index contributed by atoms with van der Waals surface area (Å²) in [5, 5.41) is 12.0. The Morgan fingerprint density at radius 1 is 0.969 bits per heavy atom. The van der Waals surface area contributed by atoms with Crippen molar-refractivity contribution in [1.29, 1.82) is 0 Å². The number of nitrogens with one attached hydrogen (secondary N) is 1. The molecule has 7 heteroatoms. The number of benzene rings is 3. The zero-order chi connectivity index (χ0) is 22.9. The standard InChI is InChI=1S/C25H26N2O5/c1-31-9-10-32-22-13-20(18-7-4-5-17(11-18)16-26)12-21(14-22)25(30)27-23-8-3-2-6-19(23)15-24(28)29/h2-8,11-14H,9-10,15-16,26H2,1H3,(H,27,30)(H,28,29). The summed E-state index contributed by atoms with van der Waals surface area (Å²) in [5.74, 6) is -0.805. The van der Waals surface area contributed by atoms with E-state index in [-0.39, 0.29) is 12.3 Å². The molecular formula is C25H26N2O5. The maximum absolute atomic E-state index is 13.1. The molecule has 3 aromatic rings. The van der Waals surface area contributed by atoms with Crippen molar-refractivity contribution in [2.45, 2.75) is 13.0 Å². The van der Waals surface area contributed by atoms with E-state index in [2.05, 4.69) is 5.32 Å². The molecule has 0 bridgehead atoms. The molecule has 3 aromatic carbocycles. The van der Waals surface area contributed by atoms with Crippen molar-refractivity contribution in [2.24, 2.45) is 5.73 Å². The Balaban J connectivity index is 1.94. The summed E-state index contributed by atoms with van der Waals surface area (Å²) in [5.41, 5.74) is 9.83. The maximum atomic E-state index is 13.1. The number of carbonyl (C=O) groups excluding carboxylic acids is 1. The Labute approximate surface area is 186 Å². The van der Waals surface area contributed by atoms with Crippen LogP contribution in [0.4, 0.5) is 5.69 Å². The summed E-state index contributed by atoms with van der Waals surface area (Å²) in [4.78, 5) is 24.2. The SMILES string of the molecule is COCCOc1cc(C(=O)Nc2ccccc2CC(=O)O)cc(-c2cccc(CN)c2)c1. The van der Waals surface area contributed by atoms with Crippen LogP contribution >= 0.6 is 0 Å². The zero-order valence-electron chi connectivity index (χ0n) is 17.8. The number of methoxy groups -OCH3 is 1. The molecule has 0 atom stereocenters. The van der Waals surface area contributed by atoms with Gasteiger partial charge in [0.15, 0.2) is 0 Å². The molecule has 0 radical (unpaired) electrons. The van der Waals surface area contributed by atoms with Gasteiger partial charge >= 0.3 is 5.97 Å². The molecule has 0 spiro atoms. The molecule has 0 aliphatic carbocycles. The summed E-state index contributed by atoms with van der Waals surface area (Å²) in [6.07, 6.45) is -0.187. The molecule has 0 saturated carbocycles. The minimum absolute atomic E-state index is 0.187. The minimum Gasteiger partial charge on any atom is -0.491 e. The van der Waals surface area contributed by atoms with E-state index >= 15 is 0 Å². The molecule has 0 unspecified atom stereocenters. The highest BCUT2D eigenvalue weighted by atomic mass is 16.5. The summed E-state index contributed by atoms with van der Waals surface area (Å²) in [7, 11) is 1.59. The number of aliphatic carboxylic acids is 1. The molecular weight excluding hydrogens is 408 g/mol. The first-order chi connectivity index (χ1) is 15.5. The van der Waals surface area contributed by atoms with E-state index in [1.54, 1.807) is 43.5 Å². The first kappa shape index (κ1) is 23.0. The molecule has 0 aliphatic heterocycles. The number of carboxylic acids is 1. The highest BCUT2D eigenvalue weighted by molar-refractivity contribution is 6.06. The van der Waals surface area contributed by atoms with E-state index < -0.39 is 5.97 Å². The van der Waals surface area contributed by atoms with Gasteiger partial charge in [-0.25, -0.2) is 0 Å². The number of ether oxygens (including phenoxy) is 2. The van der Waals surface area contributed by atoms with Crippen LogP contribution in [-0.4, -0.2) is 37.3 Å². The minimum atomic E-state index is -0.970. The van der Waals surface area contributed by atoms with Crippen molar-refractivity contribution >= 4 is 17.6 Å². The fourth-order valence-electron chi connectivity index (χ4n) is 3.25. The third-order valence-electron chi connectivity index (χ3n) is 4.83. The van der Waals surface area contributed by atoms with Gasteiger partial charge in [0.05, 0.1) is 13.0 Å². The van der Waals surface area contributed by atoms with Gasteiger partial charge in [-0.05, 0) is 52.6 Å². The van der Waals surface area contributed by atoms with Gasteiger partial charge in [0.1, 0.15) is 12.4 Å². The Morgan fingerprint density at radius 3 is 2.53 bits per heavy atom. The van der Waals surface area contributed by atoms with E-state index in [0.29, 0.717) is 42.3 Å². The molecule has 0 aromatic heterocycles. The van der Waals surface area contributed by atoms with Crippen LogP contribution < -0.4 is 15.8 Å². The van der Waals surface area contributed by atoms with E-state index in [0.717, 1.165) is 16.7 Å².